The van der Waals surface area contributed by atoms with Gasteiger partial charge < -0.3 is 0 Å². The number of Topliss-reactive ketones (excluding diaryl/α,β-unsaturated/α-hetero) is 1. The summed E-state index contributed by atoms with van der Waals surface area (Å²) in [6, 6.07) is 12.6. The minimum Gasteiger partial charge on any atom is -0.293 e. The van der Waals surface area contributed by atoms with Gasteiger partial charge in [-0.1, -0.05) is 46.9 Å². The Morgan fingerprint density at radius 1 is 1.09 bits per heavy atom. The second kappa shape index (κ2) is 6.52. The zero-order valence-corrected chi connectivity index (χ0v) is 14.5. The summed E-state index contributed by atoms with van der Waals surface area (Å²) in [7, 11) is 0. The van der Waals surface area contributed by atoms with Crippen LogP contribution in [0.2, 0.25) is 15.1 Å². The van der Waals surface area contributed by atoms with Crippen LogP contribution in [0.3, 0.4) is 0 Å². The van der Waals surface area contributed by atoms with Gasteiger partial charge in [-0.25, -0.2) is 0 Å². The lowest BCUT2D eigenvalue weighted by Gasteiger charge is -2.25. The predicted octanol–water partition coefficient (Wildman–Crippen LogP) is 5.54. The molecule has 3 nitrogen and oxygen atoms in total. The summed E-state index contributed by atoms with van der Waals surface area (Å²) >= 11 is 18.2. The summed E-state index contributed by atoms with van der Waals surface area (Å²) in [5, 5.41) is 7.95. The third kappa shape index (κ3) is 3.37. The molecule has 0 saturated heterocycles. The lowest BCUT2D eigenvalue weighted by molar-refractivity contribution is -0.111. The molecule has 1 atom stereocenters. The molecule has 0 bridgehead atoms. The van der Waals surface area contributed by atoms with Gasteiger partial charge in [0.05, 0.1) is 16.8 Å². The van der Waals surface area contributed by atoms with Crippen molar-refractivity contribution >= 4 is 52.0 Å². The lowest BCUT2D eigenvalue weighted by atomic mass is 10.0. The largest absolute Gasteiger partial charge is 0.293 e. The number of anilines is 1. The molecule has 1 aliphatic heterocycles. The third-order valence-electron chi connectivity index (χ3n) is 3.73. The molecule has 0 aromatic heterocycles. The van der Waals surface area contributed by atoms with Crippen LogP contribution in [0.5, 0.6) is 0 Å². The Kier molecular flexibility index (Phi) is 4.62. The average molecular weight is 368 g/mol. The molecular formula is C17H13Cl3N2O. The molecule has 0 radical (unpaired) electrons. The fourth-order valence-corrected chi connectivity index (χ4v) is 3.18. The number of hydrazone groups is 1. The summed E-state index contributed by atoms with van der Waals surface area (Å²) < 4.78 is 0. The molecule has 118 valence electrons. The van der Waals surface area contributed by atoms with E-state index in [0.29, 0.717) is 32.9 Å². The van der Waals surface area contributed by atoms with Crippen molar-refractivity contribution in [3.8, 4) is 0 Å². The summed E-state index contributed by atoms with van der Waals surface area (Å²) in [6.07, 6.45) is 0.524. The quantitative estimate of drug-likeness (QED) is 0.713. The average Bonchev–Trinajstić information content (AvgIpc) is 2.93. The van der Waals surface area contributed by atoms with Gasteiger partial charge in [-0.15, -0.1) is 0 Å². The van der Waals surface area contributed by atoms with Crippen LogP contribution in [0, 0.1) is 0 Å². The van der Waals surface area contributed by atoms with Crippen molar-refractivity contribution in [2.45, 2.75) is 19.4 Å². The van der Waals surface area contributed by atoms with Crippen LogP contribution in [-0.2, 0) is 4.79 Å². The van der Waals surface area contributed by atoms with Crippen LogP contribution in [-0.4, -0.2) is 11.5 Å². The van der Waals surface area contributed by atoms with E-state index in [-0.39, 0.29) is 11.8 Å². The minimum atomic E-state index is -0.107. The first-order valence-corrected chi connectivity index (χ1v) is 8.17. The maximum atomic E-state index is 11.8. The molecule has 0 spiro atoms. The van der Waals surface area contributed by atoms with Crippen molar-refractivity contribution < 1.29 is 4.79 Å². The summed E-state index contributed by atoms with van der Waals surface area (Å²) in [5.74, 6) is -0.0449. The van der Waals surface area contributed by atoms with Crippen LogP contribution in [0.25, 0.3) is 0 Å². The van der Waals surface area contributed by atoms with Crippen LogP contribution in [0.1, 0.15) is 24.9 Å². The van der Waals surface area contributed by atoms with Crippen molar-refractivity contribution in [3.63, 3.8) is 0 Å². The monoisotopic (exact) mass is 366 g/mol. The number of carbonyl (C=O) groups excluding carboxylic acids is 1. The van der Waals surface area contributed by atoms with Crippen LogP contribution < -0.4 is 5.01 Å². The molecule has 23 heavy (non-hydrogen) atoms. The highest BCUT2D eigenvalue weighted by molar-refractivity contribution is 6.40. The van der Waals surface area contributed by atoms with Gasteiger partial charge in [0.15, 0.2) is 5.78 Å². The first-order valence-electron chi connectivity index (χ1n) is 7.04. The molecule has 1 aliphatic rings. The number of ketones is 1. The highest BCUT2D eigenvalue weighted by Gasteiger charge is 2.32. The Balaban J connectivity index is 2.04. The van der Waals surface area contributed by atoms with Crippen LogP contribution >= 0.6 is 34.8 Å². The van der Waals surface area contributed by atoms with Gasteiger partial charge in [0.1, 0.15) is 5.71 Å². The Labute approximate surface area is 149 Å². The van der Waals surface area contributed by atoms with Crippen molar-refractivity contribution in [3.05, 3.63) is 63.1 Å². The topological polar surface area (TPSA) is 32.7 Å². The van der Waals surface area contributed by atoms with Crippen LogP contribution in [0.4, 0.5) is 5.69 Å². The highest BCUT2D eigenvalue weighted by atomic mass is 35.5. The second-order valence-corrected chi connectivity index (χ2v) is 6.59. The first-order chi connectivity index (χ1) is 11.0. The zero-order chi connectivity index (χ0) is 16.6. The Hall–Kier alpha value is -1.55. The van der Waals surface area contributed by atoms with Gasteiger partial charge in [-0.3, -0.25) is 9.80 Å². The fourth-order valence-electron chi connectivity index (χ4n) is 2.56. The van der Waals surface area contributed by atoms with E-state index in [0.717, 1.165) is 5.56 Å². The molecule has 0 N–H and O–H groups in total. The van der Waals surface area contributed by atoms with Crippen molar-refractivity contribution in [2.24, 2.45) is 5.10 Å². The fraction of sp³-hybridized carbons (Fsp3) is 0.176. The maximum Gasteiger partial charge on any atom is 0.175 e. The van der Waals surface area contributed by atoms with Crippen molar-refractivity contribution in [1.29, 1.82) is 0 Å². The van der Waals surface area contributed by atoms with E-state index in [2.05, 4.69) is 5.10 Å². The molecule has 2 aromatic carbocycles. The predicted molar refractivity (Wildman–Crippen MR) is 95.9 cm³/mol. The molecule has 0 amide bonds. The standard InChI is InChI=1S/C17H13Cl3N2O/c1-10(23)15-9-17(11-2-4-12(18)5-3-11)22(21-15)16-7-6-13(19)8-14(16)20/h2-8,17H,9H2,1H3. The number of carbonyl (C=O) groups is 1. The van der Waals surface area contributed by atoms with E-state index in [1.165, 1.54) is 6.92 Å². The minimum absolute atomic E-state index is 0.0449. The summed E-state index contributed by atoms with van der Waals surface area (Å²) in [5.41, 5.74) is 2.25. The number of nitrogens with zero attached hydrogens (tertiary/aromatic N) is 2. The molecule has 0 aliphatic carbocycles. The van der Waals surface area contributed by atoms with E-state index in [4.69, 9.17) is 34.8 Å². The van der Waals surface area contributed by atoms with E-state index in [1.807, 2.05) is 24.3 Å². The first kappa shape index (κ1) is 16.3. The zero-order valence-electron chi connectivity index (χ0n) is 12.3. The molecule has 2 aromatic rings. The third-order valence-corrected chi connectivity index (χ3v) is 4.52. The highest BCUT2D eigenvalue weighted by Crippen LogP contribution is 2.39. The Morgan fingerprint density at radius 2 is 1.74 bits per heavy atom. The van der Waals surface area contributed by atoms with E-state index in [1.54, 1.807) is 23.2 Å². The lowest BCUT2D eigenvalue weighted by Crippen LogP contribution is -2.18. The number of halogens is 3. The SMILES string of the molecule is CC(=O)C1=NN(c2ccc(Cl)cc2Cl)C(c2ccc(Cl)cc2)C1. The van der Waals surface area contributed by atoms with Crippen molar-refractivity contribution in [2.75, 3.05) is 5.01 Å². The number of hydrogen-bond acceptors (Lipinski definition) is 3. The molecule has 1 unspecified atom stereocenters. The molecule has 6 heteroatoms. The Bertz CT molecular complexity index is 787. The van der Waals surface area contributed by atoms with Crippen molar-refractivity contribution in [1.82, 2.24) is 0 Å². The van der Waals surface area contributed by atoms with Gasteiger partial charge in [0.2, 0.25) is 0 Å². The summed E-state index contributed by atoms with van der Waals surface area (Å²) in [4.78, 5) is 11.8. The molecular weight excluding hydrogens is 355 g/mol. The smallest absolute Gasteiger partial charge is 0.175 e. The van der Waals surface area contributed by atoms with Gasteiger partial charge in [-0.2, -0.15) is 5.10 Å². The van der Waals surface area contributed by atoms with Gasteiger partial charge in [0, 0.05) is 23.4 Å². The molecule has 0 saturated carbocycles. The molecule has 0 fully saturated rings. The van der Waals surface area contributed by atoms with Gasteiger partial charge >= 0.3 is 0 Å². The van der Waals surface area contributed by atoms with Gasteiger partial charge in [0.25, 0.3) is 0 Å². The van der Waals surface area contributed by atoms with Gasteiger partial charge in [-0.05, 0) is 35.9 Å². The van der Waals surface area contributed by atoms with E-state index in [9.17, 15) is 4.79 Å². The number of benzene rings is 2. The van der Waals surface area contributed by atoms with E-state index < -0.39 is 0 Å². The maximum absolute atomic E-state index is 11.8. The summed E-state index contributed by atoms with van der Waals surface area (Å²) in [6.45, 7) is 1.52. The number of hydrogen-bond donors (Lipinski definition) is 0. The molecule has 3 rings (SSSR count). The van der Waals surface area contributed by atoms with E-state index >= 15 is 0 Å². The number of rotatable bonds is 3. The Morgan fingerprint density at radius 3 is 2.35 bits per heavy atom. The second-order valence-electron chi connectivity index (χ2n) is 5.31. The molecule has 1 heterocycles. The normalized spacial score (nSPS) is 17.3. The van der Waals surface area contributed by atoms with Crippen LogP contribution in [0.15, 0.2) is 47.6 Å².